The van der Waals surface area contributed by atoms with Crippen molar-refractivity contribution in [3.63, 3.8) is 0 Å². The van der Waals surface area contributed by atoms with Crippen molar-refractivity contribution in [3.8, 4) is 11.1 Å². The highest BCUT2D eigenvalue weighted by molar-refractivity contribution is 5.99. The molecule has 3 aromatic rings. The number of rotatable bonds is 2. The number of fused-ring (bicyclic) bond motifs is 1. The highest BCUT2D eigenvalue weighted by Crippen LogP contribution is 2.30. The monoisotopic (exact) mass is 345 g/mol. The molecule has 2 aromatic carbocycles. The lowest BCUT2D eigenvalue weighted by Crippen LogP contribution is -2.31. The van der Waals surface area contributed by atoms with Crippen LogP contribution in [0.4, 0.5) is 0 Å². The molecular formula is C22H23N3O. The number of nitrogens with zero attached hydrogens (tertiary/aromatic N) is 2. The van der Waals surface area contributed by atoms with Crippen LogP contribution in [0.3, 0.4) is 0 Å². The van der Waals surface area contributed by atoms with E-state index < -0.39 is 0 Å². The van der Waals surface area contributed by atoms with E-state index in [4.69, 9.17) is 5.73 Å². The first-order chi connectivity index (χ1) is 12.5. The first-order valence-electron chi connectivity index (χ1n) is 9.05. The van der Waals surface area contributed by atoms with E-state index in [9.17, 15) is 4.79 Å². The van der Waals surface area contributed by atoms with Gasteiger partial charge in [-0.05, 0) is 60.7 Å². The third kappa shape index (κ3) is 2.86. The molecule has 4 heteroatoms. The molecule has 0 aliphatic carbocycles. The largest absolute Gasteiger partial charge is 0.337 e. The number of amides is 1. The van der Waals surface area contributed by atoms with Crippen molar-refractivity contribution < 1.29 is 4.79 Å². The van der Waals surface area contributed by atoms with E-state index in [1.165, 1.54) is 11.1 Å². The number of aryl methyl sites for hydroxylation is 2. The van der Waals surface area contributed by atoms with Gasteiger partial charge < -0.3 is 10.6 Å². The Bertz CT molecular complexity index is 996. The molecule has 1 aliphatic rings. The highest BCUT2D eigenvalue weighted by atomic mass is 16.2. The number of nitrogens with two attached hydrogens (primary N) is 1. The van der Waals surface area contributed by atoms with Crippen molar-refractivity contribution in [2.45, 2.75) is 26.3 Å². The Balaban J connectivity index is 1.77. The average Bonchev–Trinajstić information content (AvgIpc) is 3.10. The lowest BCUT2D eigenvalue weighted by atomic mass is 9.96. The Hall–Kier alpha value is -2.72. The van der Waals surface area contributed by atoms with Crippen molar-refractivity contribution in [2.24, 2.45) is 5.73 Å². The van der Waals surface area contributed by atoms with E-state index in [-0.39, 0.29) is 11.9 Å². The van der Waals surface area contributed by atoms with E-state index >= 15 is 0 Å². The number of benzene rings is 2. The van der Waals surface area contributed by atoms with E-state index in [1.807, 2.05) is 35.4 Å². The zero-order valence-corrected chi connectivity index (χ0v) is 15.2. The van der Waals surface area contributed by atoms with Gasteiger partial charge in [-0.1, -0.05) is 24.3 Å². The molecule has 132 valence electrons. The lowest BCUT2D eigenvalue weighted by molar-refractivity contribution is 0.0791. The molecule has 1 fully saturated rings. The summed E-state index contributed by atoms with van der Waals surface area (Å²) >= 11 is 0. The van der Waals surface area contributed by atoms with Gasteiger partial charge in [0.2, 0.25) is 0 Å². The predicted molar refractivity (Wildman–Crippen MR) is 105 cm³/mol. The fourth-order valence-electron chi connectivity index (χ4n) is 3.69. The van der Waals surface area contributed by atoms with Crippen LogP contribution in [0.1, 0.15) is 27.9 Å². The second-order valence-electron chi connectivity index (χ2n) is 7.14. The maximum Gasteiger partial charge on any atom is 0.253 e. The van der Waals surface area contributed by atoms with Gasteiger partial charge in [0.15, 0.2) is 0 Å². The number of hydrogen-bond acceptors (Lipinski definition) is 3. The molecule has 0 saturated carbocycles. The maximum atomic E-state index is 12.8. The molecule has 1 saturated heterocycles. The number of hydrogen-bond donors (Lipinski definition) is 1. The topological polar surface area (TPSA) is 59.2 Å². The van der Waals surface area contributed by atoms with Gasteiger partial charge in [-0.3, -0.25) is 9.78 Å². The Morgan fingerprint density at radius 3 is 2.81 bits per heavy atom. The summed E-state index contributed by atoms with van der Waals surface area (Å²) in [6.45, 7) is 5.58. The van der Waals surface area contributed by atoms with Crippen LogP contribution in [-0.2, 0) is 0 Å². The highest BCUT2D eigenvalue weighted by Gasteiger charge is 2.24. The van der Waals surface area contributed by atoms with Gasteiger partial charge in [-0.25, -0.2) is 0 Å². The summed E-state index contributed by atoms with van der Waals surface area (Å²) in [6.07, 6.45) is 2.72. The molecule has 1 unspecified atom stereocenters. The minimum atomic E-state index is 0.0604. The van der Waals surface area contributed by atoms with Crippen LogP contribution in [0.5, 0.6) is 0 Å². The summed E-state index contributed by atoms with van der Waals surface area (Å²) in [4.78, 5) is 19.2. The first-order valence-corrected chi connectivity index (χ1v) is 9.05. The minimum absolute atomic E-state index is 0.0604. The zero-order chi connectivity index (χ0) is 18.3. The quantitative estimate of drug-likeness (QED) is 0.770. The molecule has 1 aliphatic heterocycles. The second kappa shape index (κ2) is 6.54. The number of carbonyl (C=O) groups excluding carboxylic acids is 1. The first kappa shape index (κ1) is 16.7. The van der Waals surface area contributed by atoms with Crippen molar-refractivity contribution in [1.82, 2.24) is 9.88 Å². The van der Waals surface area contributed by atoms with E-state index in [0.29, 0.717) is 12.1 Å². The van der Waals surface area contributed by atoms with Gasteiger partial charge in [-0.15, -0.1) is 0 Å². The summed E-state index contributed by atoms with van der Waals surface area (Å²) in [5.74, 6) is 0.0604. The van der Waals surface area contributed by atoms with E-state index in [1.54, 1.807) is 0 Å². The van der Waals surface area contributed by atoms with E-state index in [0.717, 1.165) is 35.0 Å². The second-order valence-corrected chi connectivity index (χ2v) is 7.14. The molecule has 0 spiro atoms. The van der Waals surface area contributed by atoms with Crippen LogP contribution >= 0.6 is 0 Å². The average molecular weight is 345 g/mol. The fourth-order valence-corrected chi connectivity index (χ4v) is 3.69. The van der Waals surface area contributed by atoms with Crippen molar-refractivity contribution >= 4 is 16.8 Å². The Morgan fingerprint density at radius 1 is 1.19 bits per heavy atom. The molecule has 2 heterocycles. The standard InChI is InChI=1S/C22H23N3O/c1-14-6-7-20-19(8-10-24-21(20)15(14)2)16-4-3-5-17(12-16)22(26)25-11-9-18(23)13-25/h3-8,10,12,18H,9,11,13,23H2,1-2H3. The molecular weight excluding hydrogens is 322 g/mol. The number of likely N-dealkylation sites (tertiary alicyclic amines) is 1. The number of aromatic nitrogens is 1. The number of carbonyl (C=O) groups is 1. The van der Waals surface area contributed by atoms with Gasteiger partial charge in [-0.2, -0.15) is 0 Å². The third-order valence-corrected chi connectivity index (χ3v) is 5.37. The van der Waals surface area contributed by atoms with Gasteiger partial charge >= 0.3 is 0 Å². The van der Waals surface area contributed by atoms with Crippen molar-refractivity contribution in [1.29, 1.82) is 0 Å². The summed E-state index contributed by atoms with van der Waals surface area (Å²) in [5.41, 5.74) is 12.3. The van der Waals surface area contributed by atoms with Crippen LogP contribution in [0.25, 0.3) is 22.0 Å². The van der Waals surface area contributed by atoms with Gasteiger partial charge in [0, 0.05) is 36.3 Å². The molecule has 0 radical (unpaired) electrons. The lowest BCUT2D eigenvalue weighted by Gasteiger charge is -2.16. The smallest absolute Gasteiger partial charge is 0.253 e. The summed E-state index contributed by atoms with van der Waals surface area (Å²) in [6, 6.07) is 14.2. The van der Waals surface area contributed by atoms with Crippen LogP contribution in [0, 0.1) is 13.8 Å². The predicted octanol–water partition coefficient (Wildman–Crippen LogP) is 3.69. The maximum absolute atomic E-state index is 12.8. The summed E-state index contributed by atoms with van der Waals surface area (Å²) in [5, 5.41) is 1.11. The van der Waals surface area contributed by atoms with Gasteiger partial charge in [0.1, 0.15) is 0 Å². The number of pyridine rings is 1. The Kier molecular flexibility index (Phi) is 4.21. The summed E-state index contributed by atoms with van der Waals surface area (Å²) < 4.78 is 0. The van der Waals surface area contributed by atoms with Crippen LogP contribution in [0.2, 0.25) is 0 Å². The molecule has 2 N–H and O–H groups in total. The van der Waals surface area contributed by atoms with Crippen LogP contribution in [-0.4, -0.2) is 34.9 Å². The molecule has 0 bridgehead atoms. The molecule has 26 heavy (non-hydrogen) atoms. The molecule has 4 nitrogen and oxygen atoms in total. The fraction of sp³-hybridized carbons (Fsp3) is 0.273. The Morgan fingerprint density at radius 2 is 2.04 bits per heavy atom. The third-order valence-electron chi connectivity index (χ3n) is 5.37. The normalized spacial score (nSPS) is 17.0. The Labute approximate surface area is 153 Å². The van der Waals surface area contributed by atoms with Crippen molar-refractivity contribution in [3.05, 3.63) is 65.4 Å². The molecule has 1 aromatic heterocycles. The van der Waals surface area contributed by atoms with Crippen LogP contribution in [0.15, 0.2) is 48.7 Å². The minimum Gasteiger partial charge on any atom is -0.337 e. The molecule has 4 rings (SSSR count). The van der Waals surface area contributed by atoms with Gasteiger partial charge in [0.05, 0.1) is 5.52 Å². The SMILES string of the molecule is Cc1ccc2c(-c3cccc(C(=O)N4CCC(N)C4)c3)ccnc2c1C. The zero-order valence-electron chi connectivity index (χ0n) is 15.2. The molecule has 1 atom stereocenters. The van der Waals surface area contributed by atoms with E-state index in [2.05, 4.69) is 37.0 Å². The van der Waals surface area contributed by atoms with Gasteiger partial charge in [0.25, 0.3) is 5.91 Å². The van der Waals surface area contributed by atoms with Crippen molar-refractivity contribution in [2.75, 3.05) is 13.1 Å². The molecule has 1 amide bonds. The van der Waals surface area contributed by atoms with Crippen LogP contribution < -0.4 is 5.73 Å². The summed E-state index contributed by atoms with van der Waals surface area (Å²) in [7, 11) is 0.